The van der Waals surface area contributed by atoms with E-state index in [1.54, 1.807) is 0 Å². The Morgan fingerprint density at radius 3 is 0.953 bits per heavy atom. The van der Waals surface area contributed by atoms with E-state index >= 15 is 0 Å². The molecule has 2 rings (SSSR count). The zero-order valence-electron chi connectivity index (χ0n) is 40.1. The van der Waals surface area contributed by atoms with Gasteiger partial charge >= 0.3 is 0 Å². The Bertz CT molecular complexity index is 1620. The summed E-state index contributed by atoms with van der Waals surface area (Å²) >= 11 is 0. The van der Waals surface area contributed by atoms with Crippen molar-refractivity contribution in [1.82, 2.24) is 0 Å². The molecule has 368 valence electrons. The van der Waals surface area contributed by atoms with Gasteiger partial charge in [-0.15, -0.1) is 0 Å². The number of carbonyl (C=O) groups is 1. The first-order valence-electron chi connectivity index (χ1n) is 24.9. The Morgan fingerprint density at radius 1 is 0.438 bits per heavy atom. The van der Waals surface area contributed by atoms with Crippen molar-refractivity contribution in [3.8, 4) is 23.0 Å². The van der Waals surface area contributed by atoms with Crippen molar-refractivity contribution in [2.24, 2.45) is 0 Å². The predicted octanol–water partition coefficient (Wildman–Crippen LogP) is 14.3. The van der Waals surface area contributed by atoms with E-state index in [1.807, 2.05) is 0 Å². The largest absolute Gasteiger partial charge is 0.493 e. The molecule has 0 saturated heterocycles. The van der Waals surface area contributed by atoms with E-state index in [-0.39, 0.29) is 22.6 Å². The van der Waals surface area contributed by atoms with Crippen LogP contribution in [0.15, 0.2) is 36.4 Å². The lowest BCUT2D eigenvalue weighted by Gasteiger charge is -2.19. The van der Waals surface area contributed by atoms with Crippen LogP contribution in [0.25, 0.3) is 0 Å². The fraction of sp³-hybridized carbons (Fsp3) is 0.745. The molecule has 0 bridgehead atoms. The average Bonchev–Trinajstić information content (AvgIpc) is 3.26. The summed E-state index contributed by atoms with van der Waals surface area (Å²) in [6.07, 6.45) is 33.4. The first-order valence-corrected chi connectivity index (χ1v) is 27.9. The molecular formula is C51H86O11S2. The van der Waals surface area contributed by atoms with Gasteiger partial charge in [-0.25, -0.2) is 0 Å². The van der Waals surface area contributed by atoms with E-state index in [0.29, 0.717) is 24.7 Å². The molecule has 2 aromatic rings. The van der Waals surface area contributed by atoms with Crippen LogP contribution in [0, 0.1) is 0 Å². The van der Waals surface area contributed by atoms with E-state index in [1.165, 1.54) is 192 Å². The Kier molecular flexibility index (Phi) is 30.8. The lowest BCUT2D eigenvalue weighted by molar-refractivity contribution is -0.119. The van der Waals surface area contributed by atoms with Crippen molar-refractivity contribution in [3.05, 3.63) is 47.5 Å². The van der Waals surface area contributed by atoms with Gasteiger partial charge in [0.1, 0.15) is 16.3 Å². The molecule has 0 aromatic heterocycles. The first-order chi connectivity index (χ1) is 30.8. The first kappa shape index (κ1) is 57.3. The number of carbonyl (C=O) groups excluding carboxylic acids is 1. The normalized spacial score (nSPS) is 12.8. The minimum Gasteiger partial charge on any atom is -0.493 e. The average molecular weight is 939 g/mol. The van der Waals surface area contributed by atoms with Gasteiger partial charge in [0, 0.05) is 12.8 Å². The summed E-state index contributed by atoms with van der Waals surface area (Å²) in [6.45, 7) is 5.39. The number of hydrogen-bond donors (Lipinski definition) is 2. The maximum absolute atomic E-state index is 13.4. The molecule has 0 aliphatic carbocycles. The molecular weight excluding hydrogens is 853 g/mol. The highest BCUT2D eigenvalue weighted by Gasteiger charge is 2.34. The molecule has 0 amide bonds. The molecule has 11 nitrogen and oxygen atoms in total. The fourth-order valence-corrected chi connectivity index (χ4v) is 10.0. The van der Waals surface area contributed by atoms with Gasteiger partial charge in [0.2, 0.25) is 0 Å². The Hall–Kier alpha value is -2.87. The molecule has 0 spiro atoms. The van der Waals surface area contributed by atoms with Gasteiger partial charge in [0.25, 0.3) is 20.2 Å². The van der Waals surface area contributed by atoms with Gasteiger partial charge in [0.05, 0.1) is 27.4 Å². The fourth-order valence-electron chi connectivity index (χ4n) is 8.25. The van der Waals surface area contributed by atoms with E-state index < -0.39 is 49.4 Å². The summed E-state index contributed by atoms with van der Waals surface area (Å²) in [5, 5.41) is -3.42. The third kappa shape index (κ3) is 25.2. The predicted molar refractivity (Wildman–Crippen MR) is 260 cm³/mol. The summed E-state index contributed by atoms with van der Waals surface area (Å²) < 4.78 is 93.9. The van der Waals surface area contributed by atoms with Gasteiger partial charge < -0.3 is 18.9 Å². The summed E-state index contributed by atoms with van der Waals surface area (Å²) in [5.74, 6) is 0.457. The van der Waals surface area contributed by atoms with Crippen LogP contribution in [0.1, 0.15) is 228 Å². The van der Waals surface area contributed by atoms with Crippen molar-refractivity contribution >= 4 is 26.0 Å². The molecule has 0 aliphatic heterocycles. The van der Waals surface area contributed by atoms with Crippen LogP contribution < -0.4 is 18.9 Å². The highest BCUT2D eigenvalue weighted by atomic mass is 32.2. The standard InChI is InChI=1S/C51H86O11S2/c1-5-7-9-11-13-15-17-19-21-23-25-27-29-31-37-61-46-35-33-43(39-48(46)59-3)50(63(53,54)55)41-45(52)42-51(64(56,57)58)44-34-36-47(49(40-44)60-4)62-38-32-30-28-26-24-22-20-18-16-14-12-10-8-6-2/h33-36,39-40,50-51H,5-32,37-38,41-42H2,1-4H3,(H,53,54,55)(H,56,57,58). The number of Topliss-reactive ketones (excluding diaryl/α,β-unsaturated/α-hetero) is 1. The number of ketones is 1. The van der Waals surface area contributed by atoms with Gasteiger partial charge in [-0.05, 0) is 48.2 Å². The molecule has 2 atom stereocenters. The molecule has 0 saturated carbocycles. The van der Waals surface area contributed by atoms with E-state index in [2.05, 4.69) is 13.8 Å². The monoisotopic (exact) mass is 939 g/mol. The smallest absolute Gasteiger partial charge is 0.272 e. The van der Waals surface area contributed by atoms with Gasteiger partial charge in [-0.1, -0.05) is 193 Å². The van der Waals surface area contributed by atoms with Crippen LogP contribution in [0.5, 0.6) is 23.0 Å². The second-order valence-corrected chi connectivity index (χ2v) is 20.9. The van der Waals surface area contributed by atoms with Crippen LogP contribution in [-0.2, 0) is 25.0 Å². The number of unbranched alkanes of at least 4 members (excludes halogenated alkanes) is 26. The van der Waals surface area contributed by atoms with Crippen molar-refractivity contribution in [2.45, 2.75) is 217 Å². The van der Waals surface area contributed by atoms with E-state index in [4.69, 9.17) is 18.9 Å². The Labute approximate surface area is 389 Å². The van der Waals surface area contributed by atoms with Crippen molar-refractivity contribution in [3.63, 3.8) is 0 Å². The highest BCUT2D eigenvalue weighted by molar-refractivity contribution is 7.86. The lowest BCUT2D eigenvalue weighted by atomic mass is 10.0. The quantitative estimate of drug-likeness (QED) is 0.0481. The Morgan fingerprint density at radius 2 is 0.703 bits per heavy atom. The second kappa shape index (κ2) is 34.4. The third-order valence-electron chi connectivity index (χ3n) is 12.2. The summed E-state index contributed by atoms with van der Waals surface area (Å²) in [4.78, 5) is 13.4. The molecule has 0 radical (unpaired) electrons. The summed E-state index contributed by atoms with van der Waals surface area (Å²) in [7, 11) is -6.86. The topological polar surface area (TPSA) is 163 Å². The summed E-state index contributed by atoms with van der Waals surface area (Å²) in [6, 6.07) is 8.76. The van der Waals surface area contributed by atoms with Crippen molar-refractivity contribution in [2.75, 3.05) is 27.4 Å². The third-order valence-corrected chi connectivity index (χ3v) is 14.5. The molecule has 2 aromatic carbocycles. The molecule has 13 heteroatoms. The maximum Gasteiger partial charge on any atom is 0.272 e. The number of hydrogen-bond acceptors (Lipinski definition) is 9. The van der Waals surface area contributed by atoms with Crippen LogP contribution in [0.2, 0.25) is 0 Å². The number of rotatable bonds is 42. The maximum atomic E-state index is 13.4. The van der Waals surface area contributed by atoms with Crippen LogP contribution in [0.4, 0.5) is 0 Å². The molecule has 0 aliphatic rings. The van der Waals surface area contributed by atoms with Gasteiger partial charge in [0.15, 0.2) is 23.0 Å². The Balaban J connectivity index is 1.85. The van der Waals surface area contributed by atoms with Crippen molar-refractivity contribution < 1.29 is 49.7 Å². The van der Waals surface area contributed by atoms with Crippen molar-refractivity contribution in [1.29, 1.82) is 0 Å². The van der Waals surface area contributed by atoms with Crippen LogP contribution in [-0.4, -0.2) is 59.2 Å². The molecule has 2 N–H and O–H groups in total. The van der Waals surface area contributed by atoms with E-state index in [0.717, 1.165) is 38.5 Å². The second-order valence-electron chi connectivity index (χ2n) is 17.7. The molecule has 64 heavy (non-hydrogen) atoms. The number of methoxy groups -OCH3 is 2. The lowest BCUT2D eigenvalue weighted by Crippen LogP contribution is -2.21. The summed E-state index contributed by atoms with van der Waals surface area (Å²) in [5.41, 5.74) is 0.142. The zero-order valence-corrected chi connectivity index (χ0v) is 41.8. The number of benzene rings is 2. The van der Waals surface area contributed by atoms with Gasteiger partial charge in [-0.2, -0.15) is 16.8 Å². The molecule has 2 unspecified atom stereocenters. The highest BCUT2D eigenvalue weighted by Crippen LogP contribution is 2.38. The minimum absolute atomic E-state index is 0.0712. The van der Waals surface area contributed by atoms with Crippen LogP contribution >= 0.6 is 0 Å². The number of ether oxygens (including phenoxy) is 4. The zero-order chi connectivity index (χ0) is 46.9. The molecule has 0 heterocycles. The minimum atomic E-state index is -4.84. The van der Waals surface area contributed by atoms with Crippen LogP contribution in [0.3, 0.4) is 0 Å². The molecule has 0 fully saturated rings. The van der Waals surface area contributed by atoms with E-state index in [9.17, 15) is 30.7 Å². The SMILES string of the molecule is CCCCCCCCCCCCCCCCOc1ccc(C(CC(=O)CC(c2ccc(OCCCCCCCCCCCCCCCC)c(OC)c2)S(=O)(=O)O)S(=O)(=O)O)cc1OC. The van der Waals surface area contributed by atoms with Gasteiger partial charge in [-0.3, -0.25) is 13.9 Å².